The Morgan fingerprint density at radius 2 is 1.91 bits per heavy atom. The lowest BCUT2D eigenvalue weighted by Gasteiger charge is -2.17. The number of nitrogens with zero attached hydrogens (tertiary/aromatic N) is 2. The first-order valence-electron chi connectivity index (χ1n) is 9.91. The molecule has 1 N–H and O–H groups in total. The van der Waals surface area contributed by atoms with Crippen LogP contribution < -0.4 is 9.47 Å². The first kappa shape index (κ1) is 23.5. The minimum Gasteiger partial charge on any atom is -0.489 e. The van der Waals surface area contributed by atoms with Gasteiger partial charge in [-0.05, 0) is 48.9 Å². The van der Waals surface area contributed by atoms with Gasteiger partial charge in [0.2, 0.25) is 0 Å². The van der Waals surface area contributed by atoms with Gasteiger partial charge in [0.05, 0.1) is 18.7 Å². The quantitative estimate of drug-likeness (QED) is 0.430. The monoisotopic (exact) mass is 464 g/mol. The summed E-state index contributed by atoms with van der Waals surface area (Å²) in [7, 11) is 0. The number of aliphatic carboxylic acids is 1. The van der Waals surface area contributed by atoms with Crippen molar-refractivity contribution in [3.05, 3.63) is 76.1 Å². The summed E-state index contributed by atoms with van der Waals surface area (Å²) in [5.41, 5.74) is 2.94. The summed E-state index contributed by atoms with van der Waals surface area (Å²) in [5, 5.41) is 13.9. The average Bonchev–Trinajstić information content (AvgIpc) is 3.05. The molecule has 6 nitrogen and oxygen atoms in total. The standard InChI is InChI=1S/C23H23ClF2N2O4/c1-15-11-19(7-10-22(29)30)27-28(15)13-17-12-20(32-23(2,25)26)8-9-21(17)31-14-16-3-5-18(24)6-4-16/h3-6,8-9,11-12H,7,10,13-14H2,1-2H3,(H,29,30). The Morgan fingerprint density at radius 1 is 1.19 bits per heavy atom. The molecule has 0 fully saturated rings. The number of hydrogen-bond acceptors (Lipinski definition) is 4. The number of carbonyl (C=O) groups is 1. The van der Waals surface area contributed by atoms with E-state index >= 15 is 0 Å². The van der Waals surface area contributed by atoms with Gasteiger partial charge in [-0.3, -0.25) is 9.48 Å². The molecule has 32 heavy (non-hydrogen) atoms. The zero-order chi connectivity index (χ0) is 23.3. The Balaban J connectivity index is 1.84. The number of halogens is 3. The van der Waals surface area contributed by atoms with E-state index < -0.39 is 12.1 Å². The molecule has 9 heteroatoms. The van der Waals surface area contributed by atoms with Gasteiger partial charge < -0.3 is 14.6 Å². The van der Waals surface area contributed by atoms with Gasteiger partial charge in [-0.15, -0.1) is 0 Å². The molecule has 2 aromatic carbocycles. The molecule has 0 atom stereocenters. The zero-order valence-electron chi connectivity index (χ0n) is 17.6. The Labute approximate surface area is 189 Å². The number of aryl methyl sites for hydroxylation is 2. The summed E-state index contributed by atoms with van der Waals surface area (Å²) in [6.45, 7) is 3.01. The second-order valence-electron chi connectivity index (χ2n) is 7.42. The lowest BCUT2D eigenvalue weighted by atomic mass is 10.1. The third-order valence-electron chi connectivity index (χ3n) is 4.58. The van der Waals surface area contributed by atoms with Crippen LogP contribution in [-0.4, -0.2) is 27.0 Å². The fraction of sp³-hybridized carbons (Fsp3) is 0.304. The van der Waals surface area contributed by atoms with Crippen LogP contribution >= 0.6 is 11.6 Å². The molecule has 1 heterocycles. The maximum Gasteiger partial charge on any atom is 0.394 e. The number of ether oxygens (including phenoxy) is 2. The molecule has 1 aromatic heterocycles. The summed E-state index contributed by atoms with van der Waals surface area (Å²) < 4.78 is 39.0. The van der Waals surface area contributed by atoms with Crippen molar-refractivity contribution in [2.45, 2.75) is 45.9 Å². The molecular weight excluding hydrogens is 442 g/mol. The van der Waals surface area contributed by atoms with Crippen LogP contribution in [0.1, 0.15) is 35.9 Å². The Bertz CT molecular complexity index is 1080. The van der Waals surface area contributed by atoms with E-state index in [0.29, 0.717) is 35.4 Å². The van der Waals surface area contributed by atoms with Crippen LogP contribution in [0.4, 0.5) is 8.78 Å². The summed E-state index contributed by atoms with van der Waals surface area (Å²) in [4.78, 5) is 10.8. The Kier molecular flexibility index (Phi) is 7.35. The van der Waals surface area contributed by atoms with Gasteiger partial charge in [-0.25, -0.2) is 0 Å². The van der Waals surface area contributed by atoms with E-state index in [1.54, 1.807) is 28.9 Å². The molecule has 0 spiro atoms. The van der Waals surface area contributed by atoms with Crippen LogP contribution in [0.3, 0.4) is 0 Å². The van der Waals surface area contributed by atoms with Crippen molar-refractivity contribution in [2.24, 2.45) is 0 Å². The van der Waals surface area contributed by atoms with Crippen molar-refractivity contribution in [3.63, 3.8) is 0 Å². The van der Waals surface area contributed by atoms with Gasteiger partial charge in [0.15, 0.2) is 0 Å². The topological polar surface area (TPSA) is 73.6 Å². The largest absolute Gasteiger partial charge is 0.489 e. The fourth-order valence-corrected chi connectivity index (χ4v) is 3.22. The van der Waals surface area contributed by atoms with Crippen molar-refractivity contribution in [2.75, 3.05) is 0 Å². The van der Waals surface area contributed by atoms with Gasteiger partial charge in [-0.2, -0.15) is 13.9 Å². The number of carboxylic acid groups (broad SMARTS) is 1. The van der Waals surface area contributed by atoms with Crippen LogP contribution in [0.25, 0.3) is 0 Å². The second kappa shape index (κ2) is 9.99. The van der Waals surface area contributed by atoms with Crippen molar-refractivity contribution < 1.29 is 28.2 Å². The molecule has 170 valence electrons. The third-order valence-corrected chi connectivity index (χ3v) is 4.84. The van der Waals surface area contributed by atoms with Gasteiger partial charge in [0.25, 0.3) is 0 Å². The van der Waals surface area contributed by atoms with E-state index in [4.69, 9.17) is 26.2 Å². The maximum atomic E-state index is 13.4. The Hall–Kier alpha value is -3.13. The molecule has 0 unspecified atom stereocenters. The summed E-state index contributed by atoms with van der Waals surface area (Å²) in [5.74, 6) is -0.406. The number of carboxylic acids is 1. The van der Waals surface area contributed by atoms with Crippen molar-refractivity contribution in [1.82, 2.24) is 9.78 Å². The van der Waals surface area contributed by atoms with E-state index in [2.05, 4.69) is 5.10 Å². The predicted molar refractivity (Wildman–Crippen MR) is 115 cm³/mol. The number of benzene rings is 2. The summed E-state index contributed by atoms with van der Waals surface area (Å²) in [6.07, 6.45) is -3.05. The molecule has 0 saturated heterocycles. The van der Waals surface area contributed by atoms with Crippen LogP contribution in [-0.2, 0) is 24.4 Å². The first-order valence-corrected chi connectivity index (χ1v) is 10.3. The molecule has 0 saturated carbocycles. The van der Waals surface area contributed by atoms with Crippen LogP contribution in [0.15, 0.2) is 48.5 Å². The number of rotatable bonds is 10. The second-order valence-corrected chi connectivity index (χ2v) is 7.86. The SMILES string of the molecule is Cc1cc(CCC(=O)O)nn1Cc1cc(OC(C)(F)F)ccc1OCc1ccc(Cl)cc1. The highest BCUT2D eigenvalue weighted by molar-refractivity contribution is 6.30. The van der Waals surface area contributed by atoms with Crippen LogP contribution in [0.5, 0.6) is 11.5 Å². The summed E-state index contributed by atoms with van der Waals surface area (Å²) >= 11 is 5.91. The number of aromatic nitrogens is 2. The van der Waals surface area contributed by atoms with Crippen LogP contribution in [0, 0.1) is 6.92 Å². The first-order chi connectivity index (χ1) is 15.1. The molecule has 0 aliphatic heterocycles. The highest BCUT2D eigenvalue weighted by Crippen LogP contribution is 2.29. The van der Waals surface area contributed by atoms with Crippen molar-refractivity contribution in [3.8, 4) is 11.5 Å². The normalized spacial score (nSPS) is 11.4. The smallest absolute Gasteiger partial charge is 0.394 e. The summed E-state index contributed by atoms with van der Waals surface area (Å²) in [6, 6.07) is 13.5. The van der Waals surface area contributed by atoms with E-state index in [1.807, 2.05) is 19.1 Å². The van der Waals surface area contributed by atoms with Gasteiger partial charge >= 0.3 is 12.1 Å². The molecule has 0 aliphatic carbocycles. The molecule has 3 rings (SSSR count). The lowest BCUT2D eigenvalue weighted by Crippen LogP contribution is -2.19. The van der Waals surface area contributed by atoms with Gasteiger partial charge in [0.1, 0.15) is 18.1 Å². The van der Waals surface area contributed by atoms with E-state index in [1.165, 1.54) is 12.1 Å². The predicted octanol–water partition coefficient (Wildman–Crippen LogP) is 5.48. The van der Waals surface area contributed by atoms with Crippen LogP contribution in [0.2, 0.25) is 5.02 Å². The average molecular weight is 465 g/mol. The minimum absolute atomic E-state index is 0.00209. The highest BCUT2D eigenvalue weighted by Gasteiger charge is 2.24. The van der Waals surface area contributed by atoms with E-state index in [9.17, 15) is 13.6 Å². The van der Waals surface area contributed by atoms with Crippen molar-refractivity contribution in [1.29, 1.82) is 0 Å². The van der Waals surface area contributed by atoms with Gasteiger partial charge in [0, 0.05) is 29.6 Å². The molecule has 0 amide bonds. The molecule has 0 aliphatic rings. The molecule has 3 aromatic rings. The lowest BCUT2D eigenvalue weighted by molar-refractivity contribution is -0.159. The van der Waals surface area contributed by atoms with E-state index in [0.717, 1.165) is 11.3 Å². The van der Waals surface area contributed by atoms with Gasteiger partial charge in [-0.1, -0.05) is 23.7 Å². The van der Waals surface area contributed by atoms with Crippen molar-refractivity contribution >= 4 is 17.6 Å². The molecular formula is C23H23ClF2N2O4. The maximum absolute atomic E-state index is 13.4. The van der Waals surface area contributed by atoms with E-state index in [-0.39, 0.29) is 25.3 Å². The number of hydrogen-bond donors (Lipinski definition) is 1. The number of alkyl halides is 2. The third kappa shape index (κ3) is 6.95. The fourth-order valence-electron chi connectivity index (χ4n) is 3.09. The molecule has 0 bridgehead atoms. The minimum atomic E-state index is -3.32. The molecule has 0 radical (unpaired) electrons. The highest BCUT2D eigenvalue weighted by atomic mass is 35.5. The zero-order valence-corrected chi connectivity index (χ0v) is 18.4. The Morgan fingerprint density at radius 3 is 2.56 bits per heavy atom.